The highest BCUT2D eigenvalue weighted by Gasteiger charge is 2.17. The largest absolute Gasteiger partial charge is 0.489 e. The number of halogens is 1. The van der Waals surface area contributed by atoms with E-state index in [4.69, 9.17) is 21.1 Å². The minimum Gasteiger partial charge on any atom is -0.489 e. The number of hydrogen-bond acceptors (Lipinski definition) is 5. The highest BCUT2D eigenvalue weighted by molar-refractivity contribution is 7.98. The maximum Gasteiger partial charge on any atom is 0.192 e. The number of nitrogens with zero attached hydrogens (tertiary/aromatic N) is 3. The number of fused-ring (bicyclic) bond motifs is 1. The van der Waals surface area contributed by atoms with E-state index in [1.54, 1.807) is 11.8 Å². The van der Waals surface area contributed by atoms with Crippen LogP contribution in [0.15, 0.2) is 60.3 Å². The van der Waals surface area contributed by atoms with Gasteiger partial charge in [-0.15, -0.1) is 16.8 Å². The standard InChI is InChI=1S/C21H20ClN3O2S/c1-2-9-25-20(16-7-4-3-5-8-16)23-24-21(25)28-14-15-12-17(22)19-18(13-15)26-10-6-11-27-19/h2-5,7-8,12-13H,1,6,9-11,14H2. The molecule has 28 heavy (non-hydrogen) atoms. The van der Waals surface area contributed by atoms with E-state index in [0.717, 1.165) is 28.5 Å². The van der Waals surface area contributed by atoms with E-state index in [-0.39, 0.29) is 0 Å². The summed E-state index contributed by atoms with van der Waals surface area (Å²) in [5, 5.41) is 10.2. The summed E-state index contributed by atoms with van der Waals surface area (Å²) in [6, 6.07) is 14.0. The number of allylic oxidation sites excluding steroid dienone is 1. The van der Waals surface area contributed by atoms with Gasteiger partial charge >= 0.3 is 0 Å². The van der Waals surface area contributed by atoms with Gasteiger partial charge in [0.2, 0.25) is 0 Å². The molecule has 0 aliphatic carbocycles. The van der Waals surface area contributed by atoms with Crippen LogP contribution in [0.2, 0.25) is 5.02 Å². The van der Waals surface area contributed by atoms with Crippen LogP contribution in [0, 0.1) is 0 Å². The smallest absolute Gasteiger partial charge is 0.192 e. The fraction of sp³-hybridized carbons (Fsp3) is 0.238. The van der Waals surface area contributed by atoms with E-state index in [2.05, 4.69) is 21.3 Å². The topological polar surface area (TPSA) is 49.2 Å². The first-order valence-electron chi connectivity index (χ1n) is 9.06. The van der Waals surface area contributed by atoms with E-state index in [1.807, 2.05) is 48.5 Å². The van der Waals surface area contributed by atoms with Crippen LogP contribution in [-0.2, 0) is 12.3 Å². The maximum atomic E-state index is 6.41. The second-order valence-electron chi connectivity index (χ2n) is 6.32. The summed E-state index contributed by atoms with van der Waals surface area (Å²) in [6.45, 7) is 5.76. The Hall–Kier alpha value is -2.44. The van der Waals surface area contributed by atoms with Crippen molar-refractivity contribution in [3.63, 3.8) is 0 Å². The number of rotatable bonds is 6. The third kappa shape index (κ3) is 4.03. The van der Waals surface area contributed by atoms with Crippen LogP contribution < -0.4 is 9.47 Å². The molecule has 0 unspecified atom stereocenters. The van der Waals surface area contributed by atoms with Crippen molar-refractivity contribution in [2.75, 3.05) is 13.2 Å². The minimum atomic E-state index is 0.576. The Labute approximate surface area is 173 Å². The molecule has 2 aromatic carbocycles. The molecular weight excluding hydrogens is 394 g/mol. The third-order valence-electron chi connectivity index (χ3n) is 4.29. The van der Waals surface area contributed by atoms with Crippen LogP contribution >= 0.6 is 23.4 Å². The van der Waals surface area contributed by atoms with Gasteiger partial charge in [-0.3, -0.25) is 4.57 Å². The Morgan fingerprint density at radius 1 is 1.14 bits per heavy atom. The van der Waals surface area contributed by atoms with E-state index in [0.29, 0.717) is 42.0 Å². The average Bonchev–Trinajstić information content (AvgIpc) is 2.95. The molecule has 0 atom stereocenters. The second kappa shape index (κ2) is 8.71. The first-order chi connectivity index (χ1) is 13.8. The van der Waals surface area contributed by atoms with E-state index in [1.165, 1.54) is 0 Å². The van der Waals surface area contributed by atoms with Crippen LogP contribution in [0.25, 0.3) is 11.4 Å². The van der Waals surface area contributed by atoms with Crippen molar-refractivity contribution in [1.82, 2.24) is 14.8 Å². The molecule has 0 amide bonds. The highest BCUT2D eigenvalue weighted by Crippen LogP contribution is 2.39. The fourth-order valence-electron chi connectivity index (χ4n) is 3.01. The molecule has 144 valence electrons. The fourth-order valence-corrected chi connectivity index (χ4v) is 4.17. The van der Waals surface area contributed by atoms with Crippen molar-refractivity contribution >= 4 is 23.4 Å². The molecule has 2 heterocycles. The molecule has 0 saturated carbocycles. The lowest BCUT2D eigenvalue weighted by molar-refractivity contribution is 0.297. The first kappa shape index (κ1) is 18.9. The minimum absolute atomic E-state index is 0.576. The van der Waals surface area contributed by atoms with Crippen LogP contribution in [0.1, 0.15) is 12.0 Å². The van der Waals surface area contributed by atoms with Crippen molar-refractivity contribution < 1.29 is 9.47 Å². The van der Waals surface area contributed by atoms with Gasteiger partial charge in [0.15, 0.2) is 22.5 Å². The molecule has 0 spiro atoms. The Bertz CT molecular complexity index is 975. The molecule has 0 saturated heterocycles. The summed E-state index contributed by atoms with van der Waals surface area (Å²) >= 11 is 8.01. The lowest BCUT2D eigenvalue weighted by Gasteiger charge is -2.12. The van der Waals surface area contributed by atoms with E-state index in [9.17, 15) is 0 Å². The summed E-state index contributed by atoms with van der Waals surface area (Å²) in [7, 11) is 0. The Balaban J connectivity index is 1.57. The number of hydrogen-bond donors (Lipinski definition) is 0. The quantitative estimate of drug-likeness (QED) is 0.408. The third-order valence-corrected chi connectivity index (χ3v) is 5.61. The molecule has 4 rings (SSSR count). The molecule has 0 fully saturated rings. The molecule has 1 aliphatic rings. The van der Waals surface area contributed by atoms with Crippen molar-refractivity contribution in [3.8, 4) is 22.9 Å². The Kier molecular flexibility index (Phi) is 5.88. The van der Waals surface area contributed by atoms with Crippen LogP contribution in [0.3, 0.4) is 0 Å². The summed E-state index contributed by atoms with van der Waals surface area (Å²) in [5.74, 6) is 2.87. The molecule has 1 aromatic heterocycles. The van der Waals surface area contributed by atoms with Gasteiger partial charge in [0, 0.05) is 24.3 Å². The number of aromatic nitrogens is 3. The normalized spacial score (nSPS) is 13.2. The van der Waals surface area contributed by atoms with Gasteiger partial charge in [-0.2, -0.15) is 0 Å². The average molecular weight is 414 g/mol. The van der Waals surface area contributed by atoms with Gasteiger partial charge in [-0.1, -0.05) is 59.8 Å². The lowest BCUT2D eigenvalue weighted by atomic mass is 10.2. The summed E-state index contributed by atoms with van der Waals surface area (Å²) in [4.78, 5) is 0. The zero-order chi connectivity index (χ0) is 19.3. The van der Waals surface area contributed by atoms with Crippen molar-refractivity contribution in [2.24, 2.45) is 0 Å². The van der Waals surface area contributed by atoms with Gasteiger partial charge in [0.25, 0.3) is 0 Å². The summed E-state index contributed by atoms with van der Waals surface area (Å²) in [5.41, 5.74) is 2.08. The molecule has 0 bridgehead atoms. The molecule has 0 radical (unpaired) electrons. The maximum absolute atomic E-state index is 6.41. The van der Waals surface area contributed by atoms with Gasteiger partial charge in [0.05, 0.1) is 18.2 Å². The van der Waals surface area contributed by atoms with E-state index < -0.39 is 0 Å². The number of ether oxygens (including phenoxy) is 2. The van der Waals surface area contributed by atoms with Gasteiger partial charge in [-0.25, -0.2) is 0 Å². The SMILES string of the molecule is C=CCn1c(SCc2cc(Cl)c3c(c2)OCCCO3)nnc1-c1ccccc1. The zero-order valence-electron chi connectivity index (χ0n) is 15.3. The predicted octanol–water partition coefficient (Wildman–Crippen LogP) is 5.24. The summed E-state index contributed by atoms with van der Waals surface area (Å²) in [6.07, 6.45) is 2.70. The highest BCUT2D eigenvalue weighted by atomic mass is 35.5. The molecule has 3 aromatic rings. The van der Waals surface area contributed by atoms with Gasteiger partial charge in [-0.05, 0) is 17.7 Å². The number of thioether (sulfide) groups is 1. The predicted molar refractivity (Wildman–Crippen MR) is 112 cm³/mol. The summed E-state index contributed by atoms with van der Waals surface area (Å²) < 4.78 is 13.5. The Morgan fingerprint density at radius 3 is 2.79 bits per heavy atom. The van der Waals surface area contributed by atoms with Crippen molar-refractivity contribution in [2.45, 2.75) is 23.9 Å². The van der Waals surface area contributed by atoms with Crippen LogP contribution in [0.5, 0.6) is 11.5 Å². The van der Waals surface area contributed by atoms with Crippen molar-refractivity contribution in [3.05, 3.63) is 65.7 Å². The molecule has 1 aliphatic heterocycles. The molecule has 5 nitrogen and oxygen atoms in total. The van der Waals surface area contributed by atoms with Crippen molar-refractivity contribution in [1.29, 1.82) is 0 Å². The Morgan fingerprint density at radius 2 is 1.96 bits per heavy atom. The zero-order valence-corrected chi connectivity index (χ0v) is 16.9. The first-order valence-corrected chi connectivity index (χ1v) is 10.4. The molecular formula is C21H20ClN3O2S. The second-order valence-corrected chi connectivity index (χ2v) is 7.67. The van der Waals surface area contributed by atoms with E-state index >= 15 is 0 Å². The van der Waals surface area contributed by atoms with Crippen LogP contribution in [-0.4, -0.2) is 28.0 Å². The monoisotopic (exact) mass is 413 g/mol. The van der Waals surface area contributed by atoms with Gasteiger partial charge < -0.3 is 9.47 Å². The van der Waals surface area contributed by atoms with Gasteiger partial charge in [0.1, 0.15) is 0 Å². The van der Waals surface area contributed by atoms with Crippen LogP contribution in [0.4, 0.5) is 0 Å². The number of benzene rings is 2. The lowest BCUT2D eigenvalue weighted by Crippen LogP contribution is -2.00. The molecule has 0 N–H and O–H groups in total. The molecule has 7 heteroatoms.